The van der Waals surface area contributed by atoms with Crippen molar-refractivity contribution in [2.24, 2.45) is 0 Å². The summed E-state index contributed by atoms with van der Waals surface area (Å²) in [6.07, 6.45) is 2.70. The van der Waals surface area contributed by atoms with Gasteiger partial charge in [-0.1, -0.05) is 26.7 Å². The van der Waals surface area contributed by atoms with Crippen LogP contribution in [0.1, 0.15) is 134 Å². The highest BCUT2D eigenvalue weighted by atomic mass is 31.2. The average molecular weight is 893 g/mol. The molecule has 55 heavy (non-hydrogen) atoms. The lowest BCUT2D eigenvalue weighted by atomic mass is 10.0. The molecule has 332 valence electrons. The van der Waals surface area contributed by atoms with Crippen molar-refractivity contribution in [3.63, 3.8) is 0 Å². The molecule has 0 fully saturated rings. The van der Waals surface area contributed by atoms with Crippen LogP contribution in [-0.2, 0) is 68.1 Å². The molecule has 0 heterocycles. The molecule has 0 radical (unpaired) electrons. The molecule has 0 aliphatic heterocycles. The molecular formula is C35H77O15P5. The van der Waals surface area contributed by atoms with Crippen LogP contribution in [0.2, 0.25) is 0 Å². The first-order valence-corrected chi connectivity index (χ1v) is 28.5. The summed E-state index contributed by atoms with van der Waals surface area (Å²) in [5.41, 5.74) is -3.49. The molecule has 15 nitrogen and oxygen atoms in total. The highest BCUT2D eigenvalue weighted by Gasteiger charge is 2.51. The molecule has 20 heteroatoms. The van der Waals surface area contributed by atoms with Crippen LogP contribution in [0.15, 0.2) is 0 Å². The van der Waals surface area contributed by atoms with Crippen molar-refractivity contribution in [1.29, 1.82) is 0 Å². The van der Waals surface area contributed by atoms with Crippen LogP contribution in [0, 0.1) is 0 Å². The molecule has 0 saturated heterocycles. The second-order valence-corrected chi connectivity index (χ2v) is 24.6. The van der Waals surface area contributed by atoms with Gasteiger partial charge in [0.1, 0.15) is 0 Å². The topological polar surface area (TPSA) is 178 Å². The molecule has 0 aliphatic carbocycles. The summed E-state index contributed by atoms with van der Waals surface area (Å²) >= 11 is 0. The third kappa shape index (κ3) is 18.1. The van der Waals surface area contributed by atoms with E-state index in [1.54, 1.807) is 83.1 Å². The predicted octanol–water partition coefficient (Wildman–Crippen LogP) is 12.3. The van der Waals surface area contributed by atoms with E-state index in [4.69, 9.17) is 45.2 Å². The predicted molar refractivity (Wildman–Crippen MR) is 222 cm³/mol. The zero-order valence-corrected chi connectivity index (χ0v) is 40.4. The van der Waals surface area contributed by atoms with Crippen molar-refractivity contribution in [3.8, 4) is 0 Å². The molecule has 0 aromatic heterocycles. The van der Waals surface area contributed by atoms with E-state index in [1.807, 2.05) is 0 Å². The van der Waals surface area contributed by atoms with Crippen LogP contribution < -0.4 is 0 Å². The molecule has 0 aromatic carbocycles. The van der Waals surface area contributed by atoms with Gasteiger partial charge in [0.05, 0.1) is 94.4 Å². The van der Waals surface area contributed by atoms with Gasteiger partial charge in [0.2, 0.25) is 0 Å². The second kappa shape index (κ2) is 29.1. The fraction of sp³-hybridized carbons (Fsp3) is 1.00. The highest BCUT2D eigenvalue weighted by molar-refractivity contribution is 7.59. The molecule has 0 amide bonds. The Labute approximate surface area is 334 Å². The van der Waals surface area contributed by atoms with Crippen LogP contribution in [-0.4, -0.2) is 94.4 Å². The fourth-order valence-corrected chi connectivity index (χ4v) is 17.7. The van der Waals surface area contributed by atoms with E-state index in [0.717, 1.165) is 0 Å². The maximum atomic E-state index is 14.8. The summed E-state index contributed by atoms with van der Waals surface area (Å²) < 4.78 is 129. The Kier molecular flexibility index (Phi) is 29.5. The second-order valence-electron chi connectivity index (χ2n) is 12.8. The third-order valence-electron chi connectivity index (χ3n) is 8.96. The van der Waals surface area contributed by atoms with Gasteiger partial charge in [0.15, 0.2) is 0 Å². The summed E-state index contributed by atoms with van der Waals surface area (Å²) in [5, 5.41) is 0. The molecule has 0 N–H and O–H groups in total. The minimum atomic E-state index is -3.97. The third-order valence-corrected chi connectivity index (χ3v) is 22.3. The van der Waals surface area contributed by atoms with Gasteiger partial charge in [0.25, 0.3) is 0 Å². The lowest BCUT2D eigenvalue weighted by Crippen LogP contribution is -2.31. The molecular weight excluding hydrogens is 815 g/mol. The zero-order valence-electron chi connectivity index (χ0n) is 36.0. The standard InChI is InChI=1S/C35H77O15P5/c1-13-41-51(36,42-14-2)31(11)27-29-33(53(38,45-17-5)46-18-6)25-23-24-26-34(54(39,47-19-7)48-20-8)35(55(40,49-21-9)50-22-10)30-28-32(12)52(37,43-15-3)44-16-4/h31-35H,13-30H2,1-12H3. The minimum Gasteiger partial charge on any atom is -0.309 e. The molecule has 0 rings (SSSR count). The molecule has 0 aromatic rings. The zero-order chi connectivity index (χ0) is 42.2. The van der Waals surface area contributed by atoms with E-state index in [-0.39, 0.29) is 85.3 Å². The number of hydrogen-bond donors (Lipinski definition) is 0. The van der Waals surface area contributed by atoms with Crippen molar-refractivity contribution in [3.05, 3.63) is 0 Å². The molecule has 0 bridgehead atoms. The van der Waals surface area contributed by atoms with Crippen LogP contribution in [0.5, 0.6) is 0 Å². The van der Waals surface area contributed by atoms with Gasteiger partial charge in [-0.05, 0) is 108 Å². The smallest absolute Gasteiger partial charge is 0.309 e. The molecule has 5 unspecified atom stereocenters. The molecule has 5 atom stereocenters. The van der Waals surface area contributed by atoms with E-state index < -0.39 is 66.3 Å². The van der Waals surface area contributed by atoms with Crippen LogP contribution in [0.25, 0.3) is 0 Å². The Morgan fingerprint density at radius 3 is 0.891 bits per heavy atom. The summed E-state index contributed by atoms with van der Waals surface area (Å²) in [6, 6.07) is 0. The fourth-order valence-electron chi connectivity index (χ4n) is 6.57. The van der Waals surface area contributed by atoms with Gasteiger partial charge in [-0.25, -0.2) is 0 Å². The summed E-state index contributed by atoms with van der Waals surface area (Å²) in [6.45, 7) is 22.4. The first-order chi connectivity index (χ1) is 26.0. The maximum absolute atomic E-state index is 14.8. The van der Waals surface area contributed by atoms with E-state index in [9.17, 15) is 22.8 Å². The van der Waals surface area contributed by atoms with Crippen molar-refractivity contribution in [1.82, 2.24) is 0 Å². The lowest BCUT2D eigenvalue weighted by Gasteiger charge is -2.37. The van der Waals surface area contributed by atoms with Crippen LogP contribution in [0.4, 0.5) is 0 Å². The lowest BCUT2D eigenvalue weighted by molar-refractivity contribution is 0.189. The average Bonchev–Trinajstić information content (AvgIpc) is 3.11. The molecule has 0 aliphatic rings. The van der Waals surface area contributed by atoms with Gasteiger partial charge in [-0.2, -0.15) is 0 Å². The Morgan fingerprint density at radius 1 is 0.309 bits per heavy atom. The molecule has 0 saturated carbocycles. The quantitative estimate of drug-likeness (QED) is 0.0424. The van der Waals surface area contributed by atoms with Gasteiger partial charge in [0, 0.05) is 0 Å². The van der Waals surface area contributed by atoms with E-state index >= 15 is 0 Å². The van der Waals surface area contributed by atoms with Crippen molar-refractivity contribution in [2.75, 3.05) is 66.1 Å². The van der Waals surface area contributed by atoms with Crippen molar-refractivity contribution < 1.29 is 68.1 Å². The number of rotatable bonds is 37. The summed E-state index contributed by atoms with van der Waals surface area (Å²) in [7, 11) is -18.5. The first-order valence-electron chi connectivity index (χ1n) is 20.4. The van der Waals surface area contributed by atoms with E-state index in [0.29, 0.717) is 32.1 Å². The highest BCUT2D eigenvalue weighted by Crippen LogP contribution is 2.67. The molecule has 0 spiro atoms. The van der Waals surface area contributed by atoms with Crippen molar-refractivity contribution >= 4 is 38.0 Å². The summed E-state index contributed by atoms with van der Waals surface area (Å²) in [4.78, 5) is 0. The minimum absolute atomic E-state index is 0.0732. The largest absolute Gasteiger partial charge is 0.334 e. The van der Waals surface area contributed by atoms with E-state index in [1.165, 1.54) is 0 Å². The van der Waals surface area contributed by atoms with E-state index in [2.05, 4.69) is 0 Å². The van der Waals surface area contributed by atoms with Gasteiger partial charge in [-0.3, -0.25) is 22.8 Å². The Hall–Kier alpha value is 0.750. The Bertz CT molecular complexity index is 1200. The normalized spacial score (nSPS) is 16.2. The van der Waals surface area contributed by atoms with Gasteiger partial charge >= 0.3 is 38.0 Å². The monoisotopic (exact) mass is 892 g/mol. The van der Waals surface area contributed by atoms with Crippen LogP contribution in [0.3, 0.4) is 0 Å². The SMILES string of the molecule is CCOP(=O)(OCC)C(C)CCC(CCCCC(C(CCC(C)P(=O)(OCC)OCC)P(=O)(OCC)OCC)P(=O)(OCC)OCC)P(=O)(OCC)OCC. The van der Waals surface area contributed by atoms with Crippen LogP contribution >= 0.6 is 38.0 Å². The van der Waals surface area contributed by atoms with Gasteiger partial charge in [-0.15, -0.1) is 0 Å². The maximum Gasteiger partial charge on any atom is 0.334 e. The van der Waals surface area contributed by atoms with Gasteiger partial charge < -0.3 is 45.2 Å². The number of unbranched alkanes of at least 4 members (excludes halogenated alkanes) is 1. The van der Waals surface area contributed by atoms with Crippen molar-refractivity contribution in [2.45, 2.75) is 163 Å². The summed E-state index contributed by atoms with van der Waals surface area (Å²) in [5.74, 6) is 0. The Balaban J connectivity index is 6.88. The number of hydrogen-bond acceptors (Lipinski definition) is 15. The Morgan fingerprint density at radius 2 is 0.564 bits per heavy atom. The first kappa shape index (κ1) is 55.8.